The molecule has 7 heteroatoms. The Morgan fingerprint density at radius 1 is 1.23 bits per heavy atom. The van der Waals surface area contributed by atoms with Crippen LogP contribution in [0.1, 0.15) is 48.0 Å². The van der Waals surface area contributed by atoms with Gasteiger partial charge in [0.1, 0.15) is 0 Å². The van der Waals surface area contributed by atoms with Gasteiger partial charge in [0.2, 0.25) is 0 Å². The molecule has 0 bridgehead atoms. The Bertz CT molecular complexity index is 1190. The van der Waals surface area contributed by atoms with Crippen molar-refractivity contribution in [2.45, 2.75) is 32.1 Å². The van der Waals surface area contributed by atoms with Crippen molar-refractivity contribution in [2.24, 2.45) is 5.73 Å². The third kappa shape index (κ3) is 3.95. The summed E-state index contributed by atoms with van der Waals surface area (Å²) < 4.78 is 1.15. The summed E-state index contributed by atoms with van der Waals surface area (Å²) in [6.07, 6.45) is 4.85. The number of imidazole rings is 1. The second-order valence-electron chi connectivity index (χ2n) is 8.11. The first-order chi connectivity index (χ1) is 14.5. The van der Waals surface area contributed by atoms with Gasteiger partial charge >= 0.3 is 0 Å². The number of nitrogens with two attached hydrogens (primary N) is 1. The zero-order chi connectivity index (χ0) is 21.3. The van der Waals surface area contributed by atoms with Crippen LogP contribution in [0.5, 0.6) is 0 Å². The van der Waals surface area contributed by atoms with E-state index in [2.05, 4.69) is 65.1 Å². The van der Waals surface area contributed by atoms with E-state index in [1.165, 1.54) is 0 Å². The van der Waals surface area contributed by atoms with Crippen LogP contribution in [0, 0.1) is 0 Å². The summed E-state index contributed by atoms with van der Waals surface area (Å²) in [6.45, 7) is 3.24. The van der Waals surface area contributed by atoms with Gasteiger partial charge in [0, 0.05) is 5.56 Å². The number of carbonyl (C=O) groups excluding carboxylic acids is 1. The molecule has 156 valence electrons. The highest BCUT2D eigenvalue weighted by Crippen LogP contribution is 2.37. The number of aromatic amines is 1. The van der Waals surface area contributed by atoms with Crippen molar-refractivity contribution in [3.63, 3.8) is 0 Å². The van der Waals surface area contributed by atoms with Gasteiger partial charge in [-0.1, -0.05) is 19.4 Å². The van der Waals surface area contributed by atoms with Crippen LogP contribution in [-0.4, -0.2) is 46.4 Å². The number of rotatable bonds is 8. The SMILES string of the molecule is CC(CCCCN(C)C)c1cc(-c2ccc3scnc3c2)c2nc[nH]c2c1C(N)=O. The molecule has 1 unspecified atom stereocenters. The van der Waals surface area contributed by atoms with Crippen molar-refractivity contribution in [2.75, 3.05) is 20.6 Å². The zero-order valence-corrected chi connectivity index (χ0v) is 18.4. The number of fused-ring (bicyclic) bond motifs is 2. The largest absolute Gasteiger partial charge is 0.366 e. The highest BCUT2D eigenvalue weighted by atomic mass is 32.1. The van der Waals surface area contributed by atoms with Crippen molar-refractivity contribution < 1.29 is 4.79 Å². The number of primary amides is 1. The number of H-pyrrole nitrogens is 1. The van der Waals surface area contributed by atoms with Crippen LogP contribution in [0.2, 0.25) is 0 Å². The number of unbranched alkanes of at least 4 members (excludes halogenated alkanes) is 1. The molecular formula is C23H27N5OS. The van der Waals surface area contributed by atoms with Gasteiger partial charge in [-0.2, -0.15) is 0 Å². The molecule has 4 aromatic rings. The average molecular weight is 422 g/mol. The lowest BCUT2D eigenvalue weighted by atomic mass is 9.87. The average Bonchev–Trinajstić information content (AvgIpc) is 3.38. The second-order valence-corrected chi connectivity index (χ2v) is 9.00. The van der Waals surface area contributed by atoms with E-state index in [1.54, 1.807) is 17.7 Å². The van der Waals surface area contributed by atoms with Crippen molar-refractivity contribution in [1.29, 1.82) is 0 Å². The van der Waals surface area contributed by atoms with Crippen LogP contribution in [0.4, 0.5) is 0 Å². The molecule has 6 nitrogen and oxygen atoms in total. The fraction of sp³-hybridized carbons (Fsp3) is 0.348. The predicted octanol–water partition coefficient (Wildman–Crippen LogP) is 4.77. The number of nitrogens with one attached hydrogen (secondary N) is 1. The minimum Gasteiger partial charge on any atom is -0.366 e. The van der Waals surface area contributed by atoms with Crippen LogP contribution in [0.3, 0.4) is 0 Å². The molecule has 0 saturated heterocycles. The van der Waals surface area contributed by atoms with E-state index in [0.717, 1.165) is 58.2 Å². The summed E-state index contributed by atoms with van der Waals surface area (Å²) >= 11 is 1.63. The zero-order valence-electron chi connectivity index (χ0n) is 17.6. The van der Waals surface area contributed by atoms with E-state index in [9.17, 15) is 4.79 Å². The maximum Gasteiger partial charge on any atom is 0.251 e. The lowest BCUT2D eigenvalue weighted by Crippen LogP contribution is -2.16. The summed E-state index contributed by atoms with van der Waals surface area (Å²) in [7, 11) is 4.18. The van der Waals surface area contributed by atoms with Gasteiger partial charge in [0.25, 0.3) is 5.91 Å². The Balaban J connectivity index is 1.78. The number of thiazole rings is 1. The van der Waals surface area contributed by atoms with Crippen molar-refractivity contribution >= 4 is 38.5 Å². The standard InChI is InChI=1S/C23H27N5OS/c1-14(6-4-5-9-28(2)3)16-11-17(15-7-8-19-18(10-15)27-13-30-19)21-22(26-12-25-21)20(16)23(24)29/h7-8,10-14H,4-6,9H2,1-3H3,(H2,24,29)(H,25,26). The topological polar surface area (TPSA) is 87.9 Å². The molecule has 1 amide bonds. The molecule has 1 atom stereocenters. The molecule has 2 aromatic carbocycles. The van der Waals surface area contributed by atoms with Gasteiger partial charge in [-0.15, -0.1) is 11.3 Å². The first kappa shape index (κ1) is 20.5. The van der Waals surface area contributed by atoms with Gasteiger partial charge in [0.15, 0.2) is 0 Å². The van der Waals surface area contributed by atoms with Crippen LogP contribution >= 0.6 is 11.3 Å². The molecule has 0 saturated carbocycles. The van der Waals surface area contributed by atoms with E-state index in [1.807, 2.05) is 5.51 Å². The van der Waals surface area contributed by atoms with Crippen LogP contribution in [-0.2, 0) is 0 Å². The fourth-order valence-corrected chi connectivity index (χ4v) is 4.72. The van der Waals surface area contributed by atoms with Gasteiger partial charge in [-0.05, 0) is 68.7 Å². The molecule has 2 heterocycles. The molecule has 2 aromatic heterocycles. The van der Waals surface area contributed by atoms with E-state index in [0.29, 0.717) is 11.1 Å². The Hall–Kier alpha value is -2.77. The summed E-state index contributed by atoms with van der Waals surface area (Å²) in [5, 5.41) is 0. The van der Waals surface area contributed by atoms with Gasteiger partial charge in [0.05, 0.1) is 38.7 Å². The Morgan fingerprint density at radius 2 is 2.07 bits per heavy atom. The second kappa shape index (κ2) is 8.53. The van der Waals surface area contributed by atoms with E-state index in [4.69, 9.17) is 5.73 Å². The third-order valence-corrected chi connectivity index (χ3v) is 6.45. The monoisotopic (exact) mass is 421 g/mol. The Kier molecular flexibility index (Phi) is 5.83. The highest BCUT2D eigenvalue weighted by Gasteiger charge is 2.22. The first-order valence-corrected chi connectivity index (χ1v) is 11.1. The number of benzene rings is 2. The van der Waals surface area contributed by atoms with Crippen molar-refractivity contribution in [1.82, 2.24) is 19.9 Å². The molecule has 0 fully saturated rings. The molecule has 0 aliphatic heterocycles. The molecule has 4 rings (SSSR count). The van der Waals surface area contributed by atoms with E-state index < -0.39 is 5.91 Å². The van der Waals surface area contributed by atoms with Gasteiger partial charge in [-0.3, -0.25) is 4.79 Å². The minimum absolute atomic E-state index is 0.212. The lowest BCUT2D eigenvalue weighted by molar-refractivity contribution is 0.100. The summed E-state index contributed by atoms with van der Waals surface area (Å²) in [6, 6.07) is 8.38. The smallest absolute Gasteiger partial charge is 0.251 e. The first-order valence-electron chi connectivity index (χ1n) is 10.2. The van der Waals surface area contributed by atoms with Crippen molar-refractivity contribution in [3.8, 4) is 11.1 Å². The number of hydrogen-bond donors (Lipinski definition) is 2. The Morgan fingerprint density at radius 3 is 2.83 bits per heavy atom. The number of nitrogens with zero attached hydrogens (tertiary/aromatic N) is 3. The van der Waals surface area contributed by atoms with Crippen molar-refractivity contribution in [3.05, 3.63) is 47.2 Å². The van der Waals surface area contributed by atoms with Crippen LogP contribution in [0.25, 0.3) is 32.4 Å². The normalized spacial score (nSPS) is 12.8. The Labute approximate surface area is 180 Å². The summed E-state index contributed by atoms with van der Waals surface area (Å²) in [4.78, 5) is 26.7. The maximum absolute atomic E-state index is 12.4. The lowest BCUT2D eigenvalue weighted by Gasteiger charge is -2.18. The third-order valence-electron chi connectivity index (χ3n) is 5.64. The molecular weight excluding hydrogens is 394 g/mol. The molecule has 0 aliphatic carbocycles. The van der Waals surface area contributed by atoms with Crippen LogP contribution < -0.4 is 5.73 Å². The quantitative estimate of drug-likeness (QED) is 0.401. The molecule has 30 heavy (non-hydrogen) atoms. The van der Waals surface area contributed by atoms with Gasteiger partial charge in [-0.25, -0.2) is 9.97 Å². The number of carbonyl (C=O) groups is 1. The number of amides is 1. The van der Waals surface area contributed by atoms with Crippen LogP contribution in [0.15, 0.2) is 36.1 Å². The molecule has 0 spiro atoms. The molecule has 0 radical (unpaired) electrons. The summed E-state index contributed by atoms with van der Waals surface area (Å²) in [5.41, 5.74) is 13.7. The molecule has 0 aliphatic rings. The highest BCUT2D eigenvalue weighted by molar-refractivity contribution is 7.16. The predicted molar refractivity (Wildman–Crippen MR) is 124 cm³/mol. The fourth-order valence-electron chi connectivity index (χ4n) is 4.06. The van der Waals surface area contributed by atoms with E-state index >= 15 is 0 Å². The number of hydrogen-bond acceptors (Lipinski definition) is 5. The summed E-state index contributed by atoms with van der Waals surface area (Å²) in [5.74, 6) is -0.204. The maximum atomic E-state index is 12.4. The number of aromatic nitrogens is 3. The molecule has 3 N–H and O–H groups in total. The minimum atomic E-state index is -0.416. The van der Waals surface area contributed by atoms with E-state index in [-0.39, 0.29) is 5.92 Å². The van der Waals surface area contributed by atoms with Gasteiger partial charge < -0.3 is 15.6 Å².